The van der Waals surface area contributed by atoms with Gasteiger partial charge in [0.2, 0.25) is 0 Å². The highest BCUT2D eigenvalue weighted by Gasteiger charge is 2.26. The van der Waals surface area contributed by atoms with Gasteiger partial charge in [-0.05, 0) is 19.8 Å². The Bertz CT molecular complexity index is 136. The van der Waals surface area contributed by atoms with Crippen molar-refractivity contribution in [3.8, 4) is 0 Å². The van der Waals surface area contributed by atoms with E-state index in [1.807, 2.05) is 6.92 Å². The summed E-state index contributed by atoms with van der Waals surface area (Å²) in [5, 5.41) is 0.421. The van der Waals surface area contributed by atoms with Crippen molar-refractivity contribution < 1.29 is 9.53 Å². The number of ether oxygens (including phenoxy) is 1. The Morgan fingerprint density at radius 1 is 1.70 bits per heavy atom. The molecule has 1 saturated heterocycles. The van der Waals surface area contributed by atoms with Crippen LogP contribution in [-0.2, 0) is 9.53 Å². The van der Waals surface area contributed by atoms with Gasteiger partial charge < -0.3 is 4.74 Å². The molecule has 10 heavy (non-hydrogen) atoms. The van der Waals surface area contributed by atoms with Gasteiger partial charge in [-0.3, -0.25) is 4.79 Å². The number of alkyl halides is 1. The minimum atomic E-state index is -0.130. The van der Waals surface area contributed by atoms with E-state index in [1.54, 1.807) is 0 Å². The molecule has 0 N–H and O–H groups in total. The molecule has 0 spiro atoms. The average molecular weight is 207 g/mol. The molecule has 0 radical (unpaired) electrons. The fraction of sp³-hybridized carbons (Fsp3) is 0.857. The van der Waals surface area contributed by atoms with Crippen molar-refractivity contribution in [1.29, 1.82) is 0 Å². The van der Waals surface area contributed by atoms with Crippen molar-refractivity contribution in [2.45, 2.75) is 32.0 Å². The summed E-state index contributed by atoms with van der Waals surface area (Å²) in [5.74, 6) is 0.171. The molecule has 0 aliphatic carbocycles. The van der Waals surface area contributed by atoms with E-state index in [9.17, 15) is 4.79 Å². The fourth-order valence-electron chi connectivity index (χ4n) is 1.13. The van der Waals surface area contributed by atoms with Crippen molar-refractivity contribution in [2.75, 3.05) is 5.33 Å². The Kier molecular flexibility index (Phi) is 2.86. The molecule has 1 aliphatic rings. The maximum absolute atomic E-state index is 11.0. The van der Waals surface area contributed by atoms with E-state index in [-0.39, 0.29) is 18.0 Å². The van der Waals surface area contributed by atoms with Crippen molar-refractivity contribution in [3.63, 3.8) is 0 Å². The van der Waals surface area contributed by atoms with Gasteiger partial charge in [-0.25, -0.2) is 0 Å². The predicted octanol–water partition coefficient (Wildman–Crippen LogP) is 1.52. The van der Waals surface area contributed by atoms with Crippen molar-refractivity contribution in [1.82, 2.24) is 0 Å². The molecule has 2 atom stereocenters. The highest BCUT2D eigenvalue weighted by atomic mass is 79.9. The molecule has 0 aromatic rings. The average Bonchev–Trinajstić information content (AvgIpc) is 2.34. The van der Waals surface area contributed by atoms with Gasteiger partial charge in [-0.15, -0.1) is 0 Å². The van der Waals surface area contributed by atoms with Crippen LogP contribution in [0.3, 0.4) is 0 Å². The maximum Gasteiger partial charge on any atom is 0.172 e. The Labute approximate surface area is 69.1 Å². The van der Waals surface area contributed by atoms with Crippen LogP contribution in [0.25, 0.3) is 0 Å². The SMILES string of the molecule is C[C@H]1CC[C@@H](C(=O)CBr)O1. The van der Waals surface area contributed by atoms with E-state index in [0.717, 1.165) is 12.8 Å². The number of carbonyl (C=O) groups excluding carboxylic acids is 1. The van der Waals surface area contributed by atoms with Crippen molar-refractivity contribution in [3.05, 3.63) is 0 Å². The summed E-state index contributed by atoms with van der Waals surface area (Å²) in [6, 6.07) is 0. The molecule has 0 aromatic heterocycles. The zero-order valence-corrected chi connectivity index (χ0v) is 7.56. The summed E-state index contributed by atoms with van der Waals surface area (Å²) in [5.41, 5.74) is 0. The Morgan fingerprint density at radius 3 is 2.80 bits per heavy atom. The van der Waals surface area contributed by atoms with E-state index in [2.05, 4.69) is 15.9 Å². The molecule has 1 aliphatic heterocycles. The van der Waals surface area contributed by atoms with Crippen LogP contribution < -0.4 is 0 Å². The van der Waals surface area contributed by atoms with Crippen molar-refractivity contribution >= 4 is 21.7 Å². The minimum absolute atomic E-state index is 0.130. The number of carbonyl (C=O) groups is 1. The maximum atomic E-state index is 11.0. The van der Waals surface area contributed by atoms with E-state index >= 15 is 0 Å². The fourth-order valence-corrected chi connectivity index (χ4v) is 1.49. The van der Waals surface area contributed by atoms with Crippen LogP contribution in [0.4, 0.5) is 0 Å². The molecule has 0 amide bonds. The summed E-state index contributed by atoms with van der Waals surface area (Å²) in [6.07, 6.45) is 2.05. The standard InChI is InChI=1S/C7H11BrO2/c1-5-2-3-7(10-5)6(9)4-8/h5,7H,2-4H2,1H3/t5-,7-/m0/s1. The molecule has 0 bridgehead atoms. The van der Waals surface area contributed by atoms with Crippen LogP contribution in [0.2, 0.25) is 0 Å². The number of hydrogen-bond donors (Lipinski definition) is 0. The van der Waals surface area contributed by atoms with Gasteiger partial charge in [0.1, 0.15) is 6.10 Å². The smallest absolute Gasteiger partial charge is 0.172 e. The first-order chi connectivity index (χ1) is 4.74. The van der Waals surface area contributed by atoms with Crippen LogP contribution in [0, 0.1) is 0 Å². The first-order valence-electron chi connectivity index (χ1n) is 3.48. The molecule has 1 rings (SSSR count). The predicted molar refractivity (Wildman–Crippen MR) is 42.4 cm³/mol. The van der Waals surface area contributed by atoms with Crippen molar-refractivity contribution in [2.24, 2.45) is 0 Å². The summed E-state index contributed by atoms with van der Waals surface area (Å²) in [6.45, 7) is 2.00. The molecule has 58 valence electrons. The van der Waals surface area contributed by atoms with Crippen LogP contribution in [-0.4, -0.2) is 23.3 Å². The lowest BCUT2D eigenvalue weighted by atomic mass is 10.1. The van der Waals surface area contributed by atoms with E-state index in [1.165, 1.54) is 0 Å². The van der Waals surface area contributed by atoms with Gasteiger partial charge in [0.25, 0.3) is 0 Å². The number of rotatable bonds is 2. The summed E-state index contributed by atoms with van der Waals surface area (Å²) >= 11 is 3.12. The lowest BCUT2D eigenvalue weighted by Gasteiger charge is -2.06. The second kappa shape index (κ2) is 3.49. The zero-order valence-electron chi connectivity index (χ0n) is 5.97. The Balaban J connectivity index is 2.37. The molecule has 1 fully saturated rings. The monoisotopic (exact) mass is 206 g/mol. The van der Waals surface area contributed by atoms with Gasteiger partial charge in [-0.2, -0.15) is 0 Å². The zero-order chi connectivity index (χ0) is 7.56. The summed E-state index contributed by atoms with van der Waals surface area (Å²) < 4.78 is 5.33. The Hall–Kier alpha value is 0.110. The van der Waals surface area contributed by atoms with E-state index in [0.29, 0.717) is 5.33 Å². The van der Waals surface area contributed by atoms with Gasteiger partial charge in [0.05, 0.1) is 11.4 Å². The number of ketones is 1. The molecule has 2 nitrogen and oxygen atoms in total. The normalized spacial score (nSPS) is 32.6. The third-order valence-corrected chi connectivity index (χ3v) is 2.28. The van der Waals surface area contributed by atoms with Crippen LogP contribution in [0.5, 0.6) is 0 Å². The molecule has 0 saturated carbocycles. The quantitative estimate of drug-likeness (QED) is 0.641. The largest absolute Gasteiger partial charge is 0.367 e. The first kappa shape index (κ1) is 8.21. The number of halogens is 1. The van der Waals surface area contributed by atoms with Crippen LogP contribution in [0.1, 0.15) is 19.8 Å². The number of Topliss-reactive ketones (excluding diaryl/α,β-unsaturated/α-hetero) is 1. The Morgan fingerprint density at radius 2 is 2.40 bits per heavy atom. The highest BCUT2D eigenvalue weighted by Crippen LogP contribution is 2.19. The lowest BCUT2D eigenvalue weighted by molar-refractivity contribution is -0.126. The van der Waals surface area contributed by atoms with Gasteiger partial charge in [0.15, 0.2) is 5.78 Å². The van der Waals surface area contributed by atoms with Gasteiger partial charge in [-0.1, -0.05) is 15.9 Å². The van der Waals surface area contributed by atoms with Gasteiger partial charge >= 0.3 is 0 Å². The number of hydrogen-bond acceptors (Lipinski definition) is 2. The molecular formula is C7H11BrO2. The first-order valence-corrected chi connectivity index (χ1v) is 4.60. The minimum Gasteiger partial charge on any atom is -0.367 e. The summed E-state index contributed by atoms with van der Waals surface area (Å²) in [4.78, 5) is 11.0. The van der Waals surface area contributed by atoms with Crippen LogP contribution >= 0.6 is 15.9 Å². The molecular weight excluding hydrogens is 196 g/mol. The second-order valence-electron chi connectivity index (χ2n) is 2.61. The summed E-state index contributed by atoms with van der Waals surface area (Å²) in [7, 11) is 0. The lowest BCUT2D eigenvalue weighted by Crippen LogP contribution is -2.21. The van der Waals surface area contributed by atoms with Crippen LogP contribution in [0.15, 0.2) is 0 Å². The third-order valence-electron chi connectivity index (χ3n) is 1.72. The third kappa shape index (κ3) is 1.80. The van der Waals surface area contributed by atoms with E-state index < -0.39 is 0 Å². The molecule has 0 unspecified atom stereocenters. The topological polar surface area (TPSA) is 26.3 Å². The second-order valence-corrected chi connectivity index (χ2v) is 3.17. The van der Waals surface area contributed by atoms with Gasteiger partial charge in [0, 0.05) is 0 Å². The van der Waals surface area contributed by atoms with E-state index in [4.69, 9.17) is 4.74 Å². The molecule has 3 heteroatoms. The molecule has 1 heterocycles. The highest BCUT2D eigenvalue weighted by molar-refractivity contribution is 9.09. The molecule has 0 aromatic carbocycles.